The van der Waals surface area contributed by atoms with Crippen molar-refractivity contribution in [3.8, 4) is 17.2 Å². The van der Waals surface area contributed by atoms with Crippen molar-refractivity contribution in [2.45, 2.75) is 32.0 Å². The molecule has 1 amide bonds. The number of ether oxygens (including phenoxy) is 3. The summed E-state index contributed by atoms with van der Waals surface area (Å²) in [6.45, 7) is 5.31. The number of likely N-dealkylation sites (tertiary alicyclic amines) is 1. The third kappa shape index (κ3) is 6.06. The topological polar surface area (TPSA) is 94.1 Å². The zero-order chi connectivity index (χ0) is 25.6. The van der Waals surface area contributed by atoms with Gasteiger partial charge in [-0.2, -0.15) is 0 Å². The van der Waals surface area contributed by atoms with E-state index in [4.69, 9.17) is 14.2 Å². The van der Waals surface area contributed by atoms with Crippen molar-refractivity contribution in [3.05, 3.63) is 64.4 Å². The van der Waals surface area contributed by atoms with E-state index in [1.165, 1.54) is 5.56 Å². The summed E-state index contributed by atoms with van der Waals surface area (Å²) in [6, 6.07) is 15.6. The summed E-state index contributed by atoms with van der Waals surface area (Å²) >= 11 is 0. The first kappa shape index (κ1) is 25.1. The Labute approximate surface area is 216 Å². The molecule has 0 unspecified atom stereocenters. The molecule has 5 rings (SSSR count). The summed E-state index contributed by atoms with van der Waals surface area (Å²) in [7, 11) is 1.58. The summed E-state index contributed by atoms with van der Waals surface area (Å²) in [5.74, 6) is 2.05. The Morgan fingerprint density at radius 2 is 1.84 bits per heavy atom. The lowest BCUT2D eigenvalue weighted by molar-refractivity contribution is -0.122. The predicted molar refractivity (Wildman–Crippen MR) is 142 cm³/mol. The van der Waals surface area contributed by atoms with Gasteiger partial charge in [0.15, 0.2) is 18.1 Å². The smallest absolute Gasteiger partial charge is 0.257 e. The van der Waals surface area contributed by atoms with E-state index in [0.717, 1.165) is 61.4 Å². The average Bonchev–Trinajstić information content (AvgIpc) is 2.94. The molecular formula is C28H34N4O5. The van der Waals surface area contributed by atoms with Crippen LogP contribution in [0.4, 0.5) is 0 Å². The summed E-state index contributed by atoms with van der Waals surface area (Å²) < 4.78 is 18.8. The number of benzene rings is 2. The van der Waals surface area contributed by atoms with Crippen LogP contribution in [-0.4, -0.2) is 67.9 Å². The average molecular weight is 507 g/mol. The van der Waals surface area contributed by atoms with Crippen LogP contribution in [0.1, 0.15) is 18.4 Å². The van der Waals surface area contributed by atoms with Gasteiger partial charge in [0.05, 0.1) is 5.52 Å². The lowest BCUT2D eigenvalue weighted by atomic mass is 10.0. The summed E-state index contributed by atoms with van der Waals surface area (Å²) in [4.78, 5) is 26.7. The van der Waals surface area contributed by atoms with Gasteiger partial charge in [0.1, 0.15) is 19.0 Å². The standard InChI is InChI=1S/C28H34N4O5/c1-29-27(33)19-37-24-4-2-3-23-22(24)6-8-28(34)32(23)14-13-31-11-9-21(10-12-31)30-18-20-5-7-25-26(17-20)36-16-15-35-25/h2-8,17,21,30H,9-16,18-19H2,1H3,(H,29,33). The van der Waals surface area contributed by atoms with Gasteiger partial charge in [-0.1, -0.05) is 12.1 Å². The molecule has 3 aromatic rings. The van der Waals surface area contributed by atoms with Crippen molar-refractivity contribution in [2.24, 2.45) is 0 Å². The number of carbonyl (C=O) groups excluding carboxylic acids is 1. The number of aromatic nitrogens is 1. The van der Waals surface area contributed by atoms with Crippen LogP contribution in [0.15, 0.2) is 53.3 Å². The Bertz CT molecular complexity index is 1300. The Morgan fingerprint density at radius 3 is 2.65 bits per heavy atom. The molecule has 2 aromatic carbocycles. The molecule has 3 heterocycles. The fourth-order valence-corrected chi connectivity index (χ4v) is 4.93. The van der Waals surface area contributed by atoms with Crippen LogP contribution < -0.4 is 30.4 Å². The summed E-state index contributed by atoms with van der Waals surface area (Å²) in [6.07, 6.45) is 2.12. The molecule has 2 aliphatic heterocycles. The number of rotatable bonds is 9. The Balaban J connectivity index is 1.14. The number of nitrogens with one attached hydrogen (secondary N) is 2. The SMILES string of the molecule is CNC(=O)COc1cccc2c1ccc(=O)n2CCN1CCC(NCc2ccc3c(c2)OCCO3)CC1. The maximum Gasteiger partial charge on any atom is 0.257 e. The van der Waals surface area contributed by atoms with E-state index in [-0.39, 0.29) is 18.1 Å². The largest absolute Gasteiger partial charge is 0.486 e. The minimum Gasteiger partial charge on any atom is -0.486 e. The zero-order valence-electron chi connectivity index (χ0n) is 21.2. The van der Waals surface area contributed by atoms with Gasteiger partial charge in [-0.15, -0.1) is 0 Å². The first-order valence-electron chi connectivity index (χ1n) is 12.9. The molecule has 0 spiro atoms. The number of carbonyl (C=O) groups is 1. The second kappa shape index (κ2) is 11.7. The van der Waals surface area contributed by atoms with E-state index in [1.54, 1.807) is 23.7 Å². The fraction of sp³-hybridized carbons (Fsp3) is 0.429. The van der Waals surface area contributed by atoms with Crippen molar-refractivity contribution in [1.29, 1.82) is 0 Å². The van der Waals surface area contributed by atoms with E-state index in [9.17, 15) is 9.59 Å². The van der Waals surface area contributed by atoms with Gasteiger partial charge >= 0.3 is 0 Å². The van der Waals surface area contributed by atoms with Crippen molar-refractivity contribution < 1.29 is 19.0 Å². The minimum absolute atomic E-state index is 0.0352. The molecule has 0 atom stereocenters. The first-order chi connectivity index (χ1) is 18.1. The third-order valence-corrected chi connectivity index (χ3v) is 7.06. The van der Waals surface area contributed by atoms with Crippen LogP contribution in [0.2, 0.25) is 0 Å². The molecule has 1 fully saturated rings. The highest BCUT2D eigenvalue weighted by Crippen LogP contribution is 2.31. The molecule has 1 aromatic heterocycles. The lowest BCUT2D eigenvalue weighted by Crippen LogP contribution is -2.43. The van der Waals surface area contributed by atoms with Gasteiger partial charge in [-0.25, -0.2) is 0 Å². The number of nitrogens with zero attached hydrogens (tertiary/aromatic N) is 2. The summed E-state index contributed by atoms with van der Waals surface area (Å²) in [5.41, 5.74) is 1.98. The second-order valence-corrected chi connectivity index (χ2v) is 9.45. The van der Waals surface area contributed by atoms with Crippen LogP contribution >= 0.6 is 0 Å². The van der Waals surface area contributed by atoms with Gasteiger partial charge in [0.25, 0.3) is 11.5 Å². The number of fused-ring (bicyclic) bond motifs is 2. The van der Waals surface area contributed by atoms with Crippen molar-refractivity contribution in [2.75, 3.05) is 46.5 Å². The van der Waals surface area contributed by atoms with Crippen molar-refractivity contribution >= 4 is 16.8 Å². The summed E-state index contributed by atoms with van der Waals surface area (Å²) in [5, 5.41) is 7.06. The van der Waals surface area contributed by atoms with Crippen molar-refractivity contribution in [3.63, 3.8) is 0 Å². The van der Waals surface area contributed by atoms with Crippen LogP contribution in [0.25, 0.3) is 10.9 Å². The number of pyridine rings is 1. The molecule has 196 valence electrons. The number of hydrogen-bond acceptors (Lipinski definition) is 7. The Kier molecular flexibility index (Phi) is 7.91. The zero-order valence-corrected chi connectivity index (χ0v) is 21.2. The highest BCUT2D eigenvalue weighted by atomic mass is 16.6. The molecule has 37 heavy (non-hydrogen) atoms. The van der Waals surface area contributed by atoms with Crippen LogP contribution in [0.5, 0.6) is 17.2 Å². The fourth-order valence-electron chi connectivity index (χ4n) is 4.93. The molecule has 0 radical (unpaired) electrons. The van der Waals surface area contributed by atoms with Gasteiger partial charge < -0.3 is 34.3 Å². The van der Waals surface area contributed by atoms with Gasteiger partial charge in [-0.05, 0) is 61.8 Å². The van der Waals surface area contributed by atoms with E-state index < -0.39 is 0 Å². The van der Waals surface area contributed by atoms with E-state index in [1.807, 2.05) is 24.3 Å². The number of piperidine rings is 1. The van der Waals surface area contributed by atoms with Gasteiger partial charge in [-0.3, -0.25) is 9.59 Å². The maximum atomic E-state index is 12.7. The van der Waals surface area contributed by atoms with Crippen LogP contribution in [0, 0.1) is 0 Å². The molecular weight excluding hydrogens is 472 g/mol. The number of amides is 1. The van der Waals surface area contributed by atoms with Crippen LogP contribution in [-0.2, 0) is 17.9 Å². The highest BCUT2D eigenvalue weighted by Gasteiger charge is 2.20. The first-order valence-corrected chi connectivity index (χ1v) is 12.9. The highest BCUT2D eigenvalue weighted by molar-refractivity contribution is 5.86. The van der Waals surface area contributed by atoms with Gasteiger partial charge in [0, 0.05) is 44.2 Å². The Morgan fingerprint density at radius 1 is 1.03 bits per heavy atom. The second-order valence-electron chi connectivity index (χ2n) is 9.45. The molecule has 0 saturated carbocycles. The van der Waals surface area contributed by atoms with E-state index in [2.05, 4.69) is 27.7 Å². The van der Waals surface area contributed by atoms with Crippen LogP contribution in [0.3, 0.4) is 0 Å². The normalized spacial score (nSPS) is 16.0. The molecule has 9 nitrogen and oxygen atoms in total. The minimum atomic E-state index is -0.200. The number of hydrogen-bond donors (Lipinski definition) is 2. The quantitative estimate of drug-likeness (QED) is 0.459. The molecule has 0 bridgehead atoms. The monoisotopic (exact) mass is 506 g/mol. The molecule has 1 saturated heterocycles. The Hall–Kier alpha value is -3.56. The molecule has 2 aliphatic rings. The molecule has 0 aliphatic carbocycles. The molecule has 2 N–H and O–H groups in total. The van der Waals surface area contributed by atoms with E-state index >= 15 is 0 Å². The maximum absolute atomic E-state index is 12.7. The van der Waals surface area contributed by atoms with E-state index in [0.29, 0.717) is 31.5 Å². The molecule has 9 heteroatoms. The van der Waals surface area contributed by atoms with Crippen molar-refractivity contribution in [1.82, 2.24) is 20.1 Å². The third-order valence-electron chi connectivity index (χ3n) is 7.06. The lowest BCUT2D eigenvalue weighted by Gasteiger charge is -2.32. The number of likely N-dealkylation sites (N-methyl/N-ethyl adjacent to an activating group) is 1. The van der Waals surface area contributed by atoms with Gasteiger partial charge in [0.2, 0.25) is 0 Å². The predicted octanol–water partition coefficient (Wildman–Crippen LogP) is 2.15.